The Morgan fingerprint density at radius 1 is 0.902 bits per heavy atom. The SMILES string of the molecule is COc1ccc(CN(Cc2ccc(OC)cc2)c2nc(C)c(C(F)(F)F)c(-c3c(Cl)cc4c(N5CCC(C#N)CC5)nc(F)nc4c3F)n2)cc1. The van der Waals surface area contributed by atoms with Gasteiger partial charge in [0.25, 0.3) is 0 Å². The molecule has 1 aliphatic heterocycles. The molecule has 51 heavy (non-hydrogen) atoms. The van der Waals surface area contributed by atoms with Crippen molar-refractivity contribution in [3.8, 4) is 28.8 Å². The molecule has 0 amide bonds. The number of nitriles is 1. The highest BCUT2D eigenvalue weighted by Crippen LogP contribution is 2.44. The minimum absolute atomic E-state index is 0.0123. The van der Waals surface area contributed by atoms with Crippen LogP contribution in [0, 0.1) is 36.1 Å². The standard InChI is InChI=1S/C36H31ClF5N7O2/c1-20-29(36(40,41)42)32(28-27(37)16-26-31(30(28)38)45-34(39)47-33(26)48-14-12-21(17-43)13-15-48)46-35(44-20)49(18-22-4-8-24(50-2)9-5-22)19-23-6-10-25(51-3)11-7-23/h4-11,16,21H,12-15,18-19H2,1-3H3. The summed E-state index contributed by atoms with van der Waals surface area (Å²) in [6.45, 7) is 2.12. The molecule has 1 aliphatic rings. The van der Waals surface area contributed by atoms with E-state index in [4.69, 9.17) is 21.1 Å². The second kappa shape index (κ2) is 14.5. The molecule has 5 aromatic rings. The molecular weight excluding hydrogens is 693 g/mol. The van der Waals surface area contributed by atoms with Gasteiger partial charge in [0.2, 0.25) is 5.95 Å². The van der Waals surface area contributed by atoms with Crippen molar-refractivity contribution in [1.82, 2.24) is 19.9 Å². The van der Waals surface area contributed by atoms with Gasteiger partial charge in [0.15, 0.2) is 5.82 Å². The first kappa shape index (κ1) is 35.5. The van der Waals surface area contributed by atoms with E-state index in [0.29, 0.717) is 37.4 Å². The van der Waals surface area contributed by atoms with Gasteiger partial charge in [-0.1, -0.05) is 35.9 Å². The molecule has 0 aliphatic carbocycles. The second-order valence-electron chi connectivity index (χ2n) is 12.0. The number of benzene rings is 3. The summed E-state index contributed by atoms with van der Waals surface area (Å²) < 4.78 is 86.4. The number of aromatic nitrogens is 4. The first-order valence-electron chi connectivity index (χ1n) is 15.9. The van der Waals surface area contributed by atoms with E-state index in [9.17, 15) is 22.8 Å². The van der Waals surface area contributed by atoms with Crippen molar-refractivity contribution in [1.29, 1.82) is 5.26 Å². The first-order chi connectivity index (χ1) is 24.4. The molecule has 2 aromatic heterocycles. The molecule has 0 radical (unpaired) electrons. The lowest BCUT2D eigenvalue weighted by molar-refractivity contribution is -0.138. The smallest absolute Gasteiger partial charge is 0.420 e. The highest BCUT2D eigenvalue weighted by molar-refractivity contribution is 6.34. The van der Waals surface area contributed by atoms with Crippen LogP contribution < -0.4 is 19.3 Å². The van der Waals surface area contributed by atoms with E-state index in [1.807, 2.05) is 0 Å². The van der Waals surface area contributed by atoms with E-state index in [0.717, 1.165) is 18.1 Å². The van der Waals surface area contributed by atoms with Crippen LogP contribution >= 0.6 is 11.6 Å². The van der Waals surface area contributed by atoms with Crippen LogP contribution in [0.25, 0.3) is 22.2 Å². The maximum atomic E-state index is 16.7. The Balaban J connectivity index is 1.51. The van der Waals surface area contributed by atoms with Crippen molar-refractivity contribution in [3.05, 3.63) is 93.9 Å². The highest BCUT2D eigenvalue weighted by Gasteiger charge is 2.40. The third-order valence-corrected chi connectivity index (χ3v) is 9.06. The molecule has 264 valence electrons. The van der Waals surface area contributed by atoms with E-state index in [1.54, 1.807) is 58.3 Å². The molecule has 0 unspecified atom stereocenters. The fourth-order valence-corrected chi connectivity index (χ4v) is 6.43. The summed E-state index contributed by atoms with van der Waals surface area (Å²) in [5.41, 5.74) is -2.32. The third kappa shape index (κ3) is 7.44. The lowest BCUT2D eigenvalue weighted by Crippen LogP contribution is -2.34. The molecule has 3 aromatic carbocycles. The zero-order chi connectivity index (χ0) is 36.4. The van der Waals surface area contributed by atoms with Crippen molar-refractivity contribution in [2.75, 3.05) is 37.1 Å². The van der Waals surface area contributed by atoms with Crippen LogP contribution in [0.5, 0.6) is 11.5 Å². The van der Waals surface area contributed by atoms with Crippen LogP contribution in [0.2, 0.25) is 5.02 Å². The molecule has 9 nitrogen and oxygen atoms in total. The molecule has 3 heterocycles. The molecule has 0 saturated carbocycles. The second-order valence-corrected chi connectivity index (χ2v) is 12.4. The molecule has 1 fully saturated rings. The number of piperidine rings is 1. The zero-order valence-corrected chi connectivity index (χ0v) is 28.5. The van der Waals surface area contributed by atoms with Crippen molar-refractivity contribution in [2.24, 2.45) is 5.92 Å². The van der Waals surface area contributed by atoms with E-state index in [-0.39, 0.29) is 36.2 Å². The Morgan fingerprint density at radius 2 is 1.47 bits per heavy atom. The third-order valence-electron chi connectivity index (χ3n) is 8.76. The van der Waals surface area contributed by atoms with Gasteiger partial charge in [-0.15, -0.1) is 0 Å². The quantitative estimate of drug-likeness (QED) is 0.110. The largest absolute Gasteiger partial charge is 0.497 e. The van der Waals surface area contributed by atoms with Gasteiger partial charge in [0, 0.05) is 37.5 Å². The predicted molar refractivity (Wildman–Crippen MR) is 182 cm³/mol. The summed E-state index contributed by atoms with van der Waals surface area (Å²) in [6.07, 6.45) is -5.35. The molecule has 0 N–H and O–H groups in total. The van der Waals surface area contributed by atoms with E-state index >= 15 is 4.39 Å². The van der Waals surface area contributed by atoms with E-state index in [1.165, 1.54) is 20.3 Å². The van der Waals surface area contributed by atoms with Gasteiger partial charge in [-0.05, 0) is 61.2 Å². The maximum absolute atomic E-state index is 16.7. The van der Waals surface area contributed by atoms with Crippen molar-refractivity contribution >= 4 is 34.3 Å². The molecular formula is C36H31ClF5N7O2. The Kier molecular flexibility index (Phi) is 10.1. The van der Waals surface area contributed by atoms with Crippen molar-refractivity contribution in [3.63, 3.8) is 0 Å². The molecule has 1 saturated heterocycles. The van der Waals surface area contributed by atoms with Gasteiger partial charge in [-0.2, -0.15) is 32.8 Å². The van der Waals surface area contributed by atoms with Gasteiger partial charge in [-0.3, -0.25) is 0 Å². The number of rotatable bonds is 9. The van der Waals surface area contributed by atoms with Gasteiger partial charge in [-0.25, -0.2) is 14.4 Å². The molecule has 0 spiro atoms. The Bertz CT molecular complexity index is 2050. The number of ether oxygens (including phenoxy) is 2. The Morgan fingerprint density at radius 3 is 1.98 bits per heavy atom. The summed E-state index contributed by atoms with van der Waals surface area (Å²) in [5, 5.41) is 8.90. The lowest BCUT2D eigenvalue weighted by Gasteiger charge is -2.31. The zero-order valence-electron chi connectivity index (χ0n) is 27.7. The van der Waals surface area contributed by atoms with Crippen molar-refractivity contribution in [2.45, 2.75) is 39.0 Å². The van der Waals surface area contributed by atoms with Crippen LogP contribution in [0.1, 0.15) is 35.2 Å². The average Bonchev–Trinajstić information content (AvgIpc) is 3.11. The van der Waals surface area contributed by atoms with Crippen molar-refractivity contribution < 1.29 is 31.4 Å². The normalized spacial score (nSPS) is 13.7. The Hall–Kier alpha value is -5.29. The number of fused-ring (bicyclic) bond motifs is 1. The summed E-state index contributed by atoms with van der Waals surface area (Å²) >= 11 is 6.65. The van der Waals surface area contributed by atoms with Crippen LogP contribution in [0.3, 0.4) is 0 Å². The number of alkyl halides is 3. The van der Waals surface area contributed by atoms with Gasteiger partial charge in [0.05, 0.1) is 42.3 Å². The first-order valence-corrected chi connectivity index (χ1v) is 16.2. The minimum Gasteiger partial charge on any atom is -0.497 e. The molecule has 0 atom stereocenters. The maximum Gasteiger partial charge on any atom is 0.420 e. The van der Waals surface area contributed by atoms with Crippen LogP contribution in [-0.2, 0) is 19.3 Å². The molecule has 0 bridgehead atoms. The van der Waals surface area contributed by atoms with Gasteiger partial charge < -0.3 is 19.3 Å². The van der Waals surface area contributed by atoms with E-state index < -0.39 is 51.1 Å². The summed E-state index contributed by atoms with van der Waals surface area (Å²) in [6, 6.07) is 17.6. The van der Waals surface area contributed by atoms with Crippen LogP contribution in [0.15, 0.2) is 54.6 Å². The fraction of sp³-hybridized carbons (Fsp3) is 0.306. The number of anilines is 2. The fourth-order valence-electron chi connectivity index (χ4n) is 6.15. The van der Waals surface area contributed by atoms with E-state index in [2.05, 4.69) is 26.0 Å². The number of aryl methyl sites for hydroxylation is 1. The summed E-state index contributed by atoms with van der Waals surface area (Å²) in [7, 11) is 3.06. The van der Waals surface area contributed by atoms with Gasteiger partial charge in [0.1, 0.15) is 28.4 Å². The number of hydrogen-bond acceptors (Lipinski definition) is 9. The Labute approximate surface area is 295 Å². The lowest BCUT2D eigenvalue weighted by atomic mass is 9.98. The number of halogens is 6. The predicted octanol–water partition coefficient (Wildman–Crippen LogP) is 8.31. The summed E-state index contributed by atoms with van der Waals surface area (Å²) in [5.74, 6) is -0.370. The molecule has 6 rings (SSSR count). The number of nitrogens with zero attached hydrogens (tertiary/aromatic N) is 7. The van der Waals surface area contributed by atoms with Crippen LogP contribution in [0.4, 0.5) is 33.7 Å². The minimum atomic E-state index is -5.02. The topological polar surface area (TPSA) is 100 Å². The number of hydrogen-bond donors (Lipinski definition) is 0. The number of methoxy groups -OCH3 is 2. The van der Waals surface area contributed by atoms with Gasteiger partial charge >= 0.3 is 12.3 Å². The van der Waals surface area contributed by atoms with Crippen LogP contribution in [-0.4, -0.2) is 47.2 Å². The highest BCUT2D eigenvalue weighted by atomic mass is 35.5. The summed E-state index contributed by atoms with van der Waals surface area (Å²) in [4.78, 5) is 19.5. The average molecular weight is 724 g/mol. The monoisotopic (exact) mass is 723 g/mol. The molecule has 15 heteroatoms.